The van der Waals surface area contributed by atoms with E-state index >= 15 is 0 Å². The van der Waals surface area contributed by atoms with Gasteiger partial charge in [0.15, 0.2) is 0 Å². The van der Waals surface area contributed by atoms with Gasteiger partial charge in [0.2, 0.25) is 0 Å². The summed E-state index contributed by atoms with van der Waals surface area (Å²) in [6.07, 6.45) is -3.26. The molecule has 1 N–H and O–H groups in total. The summed E-state index contributed by atoms with van der Waals surface area (Å²) in [5, 5.41) is 1.11. The van der Waals surface area contributed by atoms with E-state index in [-0.39, 0.29) is 6.42 Å². The predicted molar refractivity (Wildman–Crippen MR) is 72.5 cm³/mol. The summed E-state index contributed by atoms with van der Waals surface area (Å²) in [5.41, 5.74) is 0. The van der Waals surface area contributed by atoms with Crippen LogP contribution in [0.2, 0.25) is 0 Å². The van der Waals surface area contributed by atoms with Crippen LogP contribution in [0.3, 0.4) is 0 Å². The van der Waals surface area contributed by atoms with Crippen molar-refractivity contribution in [2.45, 2.75) is 75.1 Å². The van der Waals surface area contributed by atoms with Gasteiger partial charge in [0.05, 0.1) is 0 Å². The average Bonchev–Trinajstić information content (AvgIpc) is 2.56. The molecule has 0 aromatic heterocycles. The summed E-state index contributed by atoms with van der Waals surface area (Å²) >= 11 is 0. The Bertz CT molecular complexity index is 520. The lowest BCUT2D eigenvalue weighted by atomic mass is 9.94. The van der Waals surface area contributed by atoms with E-state index in [2.05, 4.69) is 0 Å². The van der Waals surface area contributed by atoms with E-state index in [1.807, 2.05) is 6.92 Å². The fourth-order valence-corrected chi connectivity index (χ4v) is 1.92. The van der Waals surface area contributed by atoms with E-state index in [0.29, 0.717) is 19.3 Å². The SMILES string of the molecule is CCCCCCCNC(=O)C(F)(F)C(F)(F)C(F)(F)C(F)(F)C(F)(F)C(F)F. The molecule has 14 heteroatoms. The normalized spacial score (nSPS) is 14.5. The van der Waals surface area contributed by atoms with Gasteiger partial charge in [0.1, 0.15) is 0 Å². The summed E-state index contributed by atoms with van der Waals surface area (Å²) in [4.78, 5) is 11.1. The van der Waals surface area contributed by atoms with Gasteiger partial charge in [-0.15, -0.1) is 0 Å². The highest BCUT2D eigenvalue weighted by molar-refractivity contribution is 5.84. The van der Waals surface area contributed by atoms with Crippen molar-refractivity contribution >= 4 is 5.91 Å². The first-order chi connectivity index (χ1) is 12.4. The van der Waals surface area contributed by atoms with Gasteiger partial charge in [-0.05, 0) is 6.42 Å². The Hall–Kier alpha value is -1.37. The van der Waals surface area contributed by atoms with Gasteiger partial charge in [0, 0.05) is 6.54 Å². The van der Waals surface area contributed by atoms with Crippen LogP contribution in [0.25, 0.3) is 0 Å². The van der Waals surface area contributed by atoms with Crippen LogP contribution in [0, 0.1) is 0 Å². The van der Waals surface area contributed by atoms with Gasteiger partial charge in [0.25, 0.3) is 5.91 Å². The third-order valence-corrected chi connectivity index (χ3v) is 3.73. The van der Waals surface area contributed by atoms with Gasteiger partial charge in [-0.3, -0.25) is 4.79 Å². The number of alkyl halides is 12. The molecule has 0 saturated carbocycles. The van der Waals surface area contributed by atoms with Crippen molar-refractivity contribution in [3.05, 3.63) is 0 Å². The molecule has 28 heavy (non-hydrogen) atoms. The van der Waals surface area contributed by atoms with Gasteiger partial charge >= 0.3 is 36.0 Å². The average molecular weight is 443 g/mol. The number of rotatable bonds is 12. The molecule has 0 aromatic carbocycles. The molecule has 1 amide bonds. The summed E-state index contributed by atoms with van der Waals surface area (Å²) in [5.74, 6) is -39.5. The molecule has 0 aliphatic heterocycles. The highest BCUT2D eigenvalue weighted by atomic mass is 19.4. The third-order valence-electron chi connectivity index (χ3n) is 3.73. The second-order valence-electron chi connectivity index (χ2n) is 5.89. The zero-order valence-corrected chi connectivity index (χ0v) is 14.3. The Kier molecular flexibility index (Phi) is 8.53. The molecule has 0 radical (unpaired) electrons. The van der Waals surface area contributed by atoms with Crippen LogP contribution in [0.5, 0.6) is 0 Å². The molecule has 0 fully saturated rings. The van der Waals surface area contributed by atoms with E-state index in [9.17, 15) is 57.5 Å². The molecule has 0 atom stereocenters. The number of hydrogen-bond acceptors (Lipinski definition) is 1. The quantitative estimate of drug-likeness (QED) is 0.313. The lowest BCUT2D eigenvalue weighted by Crippen LogP contribution is -2.70. The fraction of sp³-hybridized carbons (Fsp3) is 0.929. The second-order valence-corrected chi connectivity index (χ2v) is 5.89. The minimum Gasteiger partial charge on any atom is -0.351 e. The first-order valence-electron chi connectivity index (χ1n) is 7.88. The van der Waals surface area contributed by atoms with Crippen LogP contribution in [-0.4, -0.2) is 48.5 Å². The number of amides is 1. The van der Waals surface area contributed by atoms with Crippen molar-refractivity contribution in [2.75, 3.05) is 6.54 Å². The highest BCUT2D eigenvalue weighted by Gasteiger charge is 2.89. The zero-order valence-electron chi connectivity index (χ0n) is 14.3. The van der Waals surface area contributed by atoms with E-state index in [1.165, 1.54) is 0 Å². The van der Waals surface area contributed by atoms with E-state index in [1.54, 1.807) is 0 Å². The predicted octanol–water partition coefficient (Wildman–Crippen LogP) is 5.51. The molecule has 0 aliphatic rings. The van der Waals surface area contributed by atoms with Crippen LogP contribution < -0.4 is 5.32 Å². The lowest BCUT2D eigenvalue weighted by molar-refractivity contribution is -0.407. The molecule has 0 spiro atoms. The standard InChI is InChI=1S/C14H17F12NO/c1-2-3-4-5-6-7-27-9(28)11(19,20)13(23,24)14(25,26)12(21,22)10(17,18)8(15)16/h8H,2-7H2,1H3,(H,27,28). The minimum atomic E-state index is -7.69. The van der Waals surface area contributed by atoms with Crippen LogP contribution in [0.1, 0.15) is 39.0 Å². The minimum absolute atomic E-state index is 0.0522. The van der Waals surface area contributed by atoms with Gasteiger partial charge in [-0.2, -0.15) is 43.9 Å². The van der Waals surface area contributed by atoms with E-state index < -0.39 is 48.5 Å². The molecular formula is C14H17F12NO. The van der Waals surface area contributed by atoms with E-state index in [0.717, 1.165) is 11.7 Å². The maximum atomic E-state index is 13.4. The largest absolute Gasteiger partial charge is 0.392 e. The van der Waals surface area contributed by atoms with Gasteiger partial charge < -0.3 is 5.32 Å². The van der Waals surface area contributed by atoms with Crippen molar-refractivity contribution in [2.24, 2.45) is 0 Å². The number of hydrogen-bond donors (Lipinski definition) is 1. The molecule has 0 aliphatic carbocycles. The maximum Gasteiger partial charge on any atom is 0.392 e. The second kappa shape index (κ2) is 8.97. The third kappa shape index (κ3) is 4.61. The van der Waals surface area contributed by atoms with Crippen molar-refractivity contribution in [1.82, 2.24) is 5.32 Å². The zero-order chi connectivity index (χ0) is 22.6. The Morgan fingerprint density at radius 3 is 1.64 bits per heavy atom. The van der Waals surface area contributed by atoms with Crippen molar-refractivity contribution < 1.29 is 57.5 Å². The van der Waals surface area contributed by atoms with Gasteiger partial charge in [-0.1, -0.05) is 32.6 Å². The Morgan fingerprint density at radius 2 is 1.21 bits per heavy atom. The first-order valence-corrected chi connectivity index (χ1v) is 7.88. The summed E-state index contributed by atoms with van der Waals surface area (Å²) < 4.78 is 155. The van der Waals surface area contributed by atoms with Crippen molar-refractivity contribution in [3.8, 4) is 0 Å². The molecule has 0 aromatic rings. The smallest absolute Gasteiger partial charge is 0.351 e. The Labute approximate surface area is 151 Å². The first kappa shape index (κ1) is 26.6. The van der Waals surface area contributed by atoms with Crippen LogP contribution in [-0.2, 0) is 4.79 Å². The Morgan fingerprint density at radius 1 is 0.750 bits per heavy atom. The summed E-state index contributed by atoms with van der Waals surface area (Å²) in [7, 11) is 0. The number of carbonyl (C=O) groups is 1. The lowest BCUT2D eigenvalue weighted by Gasteiger charge is -2.38. The molecular weight excluding hydrogens is 426 g/mol. The van der Waals surface area contributed by atoms with E-state index in [4.69, 9.17) is 0 Å². The monoisotopic (exact) mass is 443 g/mol. The molecule has 0 bridgehead atoms. The van der Waals surface area contributed by atoms with Crippen LogP contribution >= 0.6 is 0 Å². The molecule has 0 saturated heterocycles. The summed E-state index contributed by atoms with van der Waals surface area (Å²) in [6, 6.07) is 0. The molecule has 168 valence electrons. The fourth-order valence-electron chi connectivity index (χ4n) is 1.92. The van der Waals surface area contributed by atoms with Crippen LogP contribution in [0.4, 0.5) is 52.7 Å². The molecule has 0 rings (SSSR count). The number of halogens is 12. The maximum absolute atomic E-state index is 13.4. The number of carbonyl (C=O) groups excluding carboxylic acids is 1. The van der Waals surface area contributed by atoms with Crippen molar-refractivity contribution in [3.63, 3.8) is 0 Å². The van der Waals surface area contributed by atoms with Crippen LogP contribution in [0.15, 0.2) is 0 Å². The number of nitrogens with one attached hydrogen (secondary N) is 1. The van der Waals surface area contributed by atoms with Crippen molar-refractivity contribution in [1.29, 1.82) is 0 Å². The highest BCUT2D eigenvalue weighted by Crippen LogP contribution is 2.58. The molecule has 0 heterocycles. The molecule has 2 nitrogen and oxygen atoms in total. The Balaban J connectivity index is 5.48. The summed E-state index contributed by atoms with van der Waals surface area (Å²) in [6.45, 7) is 1.10. The van der Waals surface area contributed by atoms with Gasteiger partial charge in [-0.25, -0.2) is 8.78 Å². The molecule has 0 unspecified atom stereocenters. The topological polar surface area (TPSA) is 29.1 Å². The number of unbranched alkanes of at least 4 members (excludes halogenated alkanes) is 4.